The molecule has 4 rings (SSSR count). The fourth-order valence-corrected chi connectivity index (χ4v) is 2.91. The van der Waals surface area contributed by atoms with Crippen LogP contribution in [-0.2, 0) is 6.54 Å². The lowest BCUT2D eigenvalue weighted by atomic mass is 10.3. The Hall–Kier alpha value is -2.59. The second-order valence-electron chi connectivity index (χ2n) is 5.27. The molecule has 0 aliphatic heterocycles. The standard InChI is InChI=1S/C18H15ClN4/c19-11-12-23-16-8-4-3-7-15(16)22-18(23)10-9-17-20-13-5-1-2-6-14(13)21-17/h1-10H,11-12H2,(H,20,21)/b10-9+. The molecule has 23 heavy (non-hydrogen) atoms. The van der Waals surface area contributed by atoms with Crippen LogP contribution >= 0.6 is 11.6 Å². The number of aryl methyl sites for hydroxylation is 1. The Balaban J connectivity index is 1.75. The van der Waals surface area contributed by atoms with Gasteiger partial charge in [0.1, 0.15) is 11.6 Å². The number of aromatic amines is 1. The van der Waals surface area contributed by atoms with Crippen LogP contribution in [-0.4, -0.2) is 25.4 Å². The molecule has 4 nitrogen and oxygen atoms in total. The molecular weight excluding hydrogens is 308 g/mol. The topological polar surface area (TPSA) is 46.5 Å². The van der Waals surface area contributed by atoms with Gasteiger partial charge in [0, 0.05) is 12.4 Å². The summed E-state index contributed by atoms with van der Waals surface area (Å²) in [7, 11) is 0. The van der Waals surface area contributed by atoms with Crippen molar-refractivity contribution in [3.8, 4) is 0 Å². The zero-order valence-electron chi connectivity index (χ0n) is 12.4. The summed E-state index contributed by atoms with van der Waals surface area (Å²) in [5.41, 5.74) is 4.06. The normalized spacial score (nSPS) is 11.9. The Labute approximate surface area is 138 Å². The fraction of sp³-hybridized carbons (Fsp3) is 0.111. The number of fused-ring (bicyclic) bond motifs is 2. The van der Waals surface area contributed by atoms with E-state index in [0.717, 1.165) is 40.3 Å². The lowest BCUT2D eigenvalue weighted by molar-refractivity contribution is 0.783. The number of hydrogen-bond donors (Lipinski definition) is 1. The third-order valence-electron chi connectivity index (χ3n) is 3.79. The molecule has 0 fully saturated rings. The number of alkyl halides is 1. The van der Waals surface area contributed by atoms with Crippen molar-refractivity contribution >= 4 is 45.8 Å². The number of H-pyrrole nitrogens is 1. The number of hydrogen-bond acceptors (Lipinski definition) is 2. The molecule has 0 atom stereocenters. The fourth-order valence-electron chi connectivity index (χ4n) is 2.75. The molecule has 0 aliphatic carbocycles. The highest BCUT2D eigenvalue weighted by Gasteiger charge is 2.07. The van der Waals surface area contributed by atoms with Gasteiger partial charge in [0.05, 0.1) is 22.1 Å². The van der Waals surface area contributed by atoms with Crippen LogP contribution < -0.4 is 0 Å². The van der Waals surface area contributed by atoms with Crippen LogP contribution in [0, 0.1) is 0 Å². The van der Waals surface area contributed by atoms with Crippen LogP contribution in [0.25, 0.3) is 34.2 Å². The Morgan fingerprint density at radius 1 is 0.957 bits per heavy atom. The maximum atomic E-state index is 5.94. The van der Waals surface area contributed by atoms with E-state index in [1.807, 2.05) is 54.6 Å². The van der Waals surface area contributed by atoms with Crippen molar-refractivity contribution in [3.05, 3.63) is 60.2 Å². The SMILES string of the molecule is ClCCn1c(/C=C/c2nc3ccccc3[nH]2)nc2ccccc21. The van der Waals surface area contributed by atoms with Gasteiger partial charge >= 0.3 is 0 Å². The quantitative estimate of drug-likeness (QED) is 0.569. The molecule has 0 radical (unpaired) electrons. The Kier molecular flexibility index (Phi) is 3.60. The summed E-state index contributed by atoms with van der Waals surface area (Å²) in [6, 6.07) is 16.1. The van der Waals surface area contributed by atoms with Gasteiger partial charge in [-0.05, 0) is 36.4 Å². The van der Waals surface area contributed by atoms with Crippen LogP contribution in [0.2, 0.25) is 0 Å². The maximum Gasteiger partial charge on any atom is 0.133 e. The van der Waals surface area contributed by atoms with Crippen molar-refractivity contribution in [2.75, 3.05) is 5.88 Å². The Morgan fingerprint density at radius 2 is 1.74 bits per heavy atom. The van der Waals surface area contributed by atoms with Crippen molar-refractivity contribution < 1.29 is 0 Å². The smallest absolute Gasteiger partial charge is 0.133 e. The number of aromatic nitrogens is 4. The lowest BCUT2D eigenvalue weighted by Crippen LogP contribution is -2.01. The molecule has 2 heterocycles. The van der Waals surface area contributed by atoms with Crippen molar-refractivity contribution in [3.63, 3.8) is 0 Å². The molecule has 114 valence electrons. The Bertz CT molecular complexity index is 964. The van der Waals surface area contributed by atoms with Gasteiger partial charge in [-0.15, -0.1) is 11.6 Å². The van der Waals surface area contributed by atoms with E-state index in [-0.39, 0.29) is 0 Å². The first-order valence-electron chi connectivity index (χ1n) is 7.49. The largest absolute Gasteiger partial charge is 0.338 e. The predicted molar refractivity (Wildman–Crippen MR) is 95.5 cm³/mol. The predicted octanol–water partition coefficient (Wildman–Crippen LogP) is 4.32. The van der Waals surface area contributed by atoms with Crippen LogP contribution in [0.3, 0.4) is 0 Å². The van der Waals surface area contributed by atoms with E-state index in [1.54, 1.807) is 0 Å². The van der Waals surface area contributed by atoms with Crippen molar-refractivity contribution in [2.45, 2.75) is 6.54 Å². The highest BCUT2D eigenvalue weighted by atomic mass is 35.5. The summed E-state index contributed by atoms with van der Waals surface area (Å²) >= 11 is 5.94. The van der Waals surface area contributed by atoms with Crippen LogP contribution in [0.5, 0.6) is 0 Å². The minimum atomic E-state index is 0.547. The van der Waals surface area contributed by atoms with E-state index in [0.29, 0.717) is 5.88 Å². The molecule has 2 aromatic carbocycles. The molecule has 1 N–H and O–H groups in total. The maximum absolute atomic E-state index is 5.94. The molecule has 5 heteroatoms. The van der Waals surface area contributed by atoms with E-state index in [4.69, 9.17) is 11.6 Å². The summed E-state index contributed by atoms with van der Waals surface area (Å²) < 4.78 is 2.13. The molecule has 0 amide bonds. The first kappa shape index (κ1) is 14.0. The first-order valence-corrected chi connectivity index (χ1v) is 8.03. The molecule has 2 aromatic heterocycles. The van der Waals surface area contributed by atoms with E-state index in [1.165, 1.54) is 0 Å². The second-order valence-corrected chi connectivity index (χ2v) is 5.65. The molecule has 4 aromatic rings. The van der Waals surface area contributed by atoms with E-state index < -0.39 is 0 Å². The van der Waals surface area contributed by atoms with E-state index in [2.05, 4.69) is 25.6 Å². The molecular formula is C18H15ClN4. The van der Waals surface area contributed by atoms with Crippen molar-refractivity contribution in [2.24, 2.45) is 0 Å². The van der Waals surface area contributed by atoms with Gasteiger partial charge in [-0.3, -0.25) is 0 Å². The van der Waals surface area contributed by atoms with E-state index >= 15 is 0 Å². The first-order chi connectivity index (χ1) is 11.3. The number of halogens is 1. The zero-order valence-corrected chi connectivity index (χ0v) is 13.2. The van der Waals surface area contributed by atoms with Gasteiger partial charge in [0.25, 0.3) is 0 Å². The molecule has 0 saturated heterocycles. The van der Waals surface area contributed by atoms with Gasteiger partial charge in [-0.2, -0.15) is 0 Å². The Morgan fingerprint density at radius 3 is 2.57 bits per heavy atom. The van der Waals surface area contributed by atoms with Crippen LogP contribution in [0.1, 0.15) is 11.6 Å². The average Bonchev–Trinajstić information content (AvgIpc) is 3.14. The monoisotopic (exact) mass is 322 g/mol. The molecule has 0 bridgehead atoms. The minimum Gasteiger partial charge on any atom is -0.338 e. The highest BCUT2D eigenvalue weighted by molar-refractivity contribution is 6.17. The van der Waals surface area contributed by atoms with Gasteiger partial charge in [-0.25, -0.2) is 9.97 Å². The molecule has 0 spiro atoms. The van der Waals surface area contributed by atoms with Gasteiger partial charge in [0.15, 0.2) is 0 Å². The number of nitrogens with zero attached hydrogens (tertiary/aromatic N) is 3. The average molecular weight is 323 g/mol. The highest BCUT2D eigenvalue weighted by Crippen LogP contribution is 2.18. The number of para-hydroxylation sites is 4. The van der Waals surface area contributed by atoms with Gasteiger partial charge in [0.2, 0.25) is 0 Å². The summed E-state index contributed by atoms with van der Waals surface area (Å²) in [6.07, 6.45) is 3.93. The van der Waals surface area contributed by atoms with Crippen LogP contribution in [0.4, 0.5) is 0 Å². The summed E-state index contributed by atoms with van der Waals surface area (Å²) in [4.78, 5) is 12.5. The van der Waals surface area contributed by atoms with Gasteiger partial charge < -0.3 is 9.55 Å². The number of imidazole rings is 2. The van der Waals surface area contributed by atoms with E-state index in [9.17, 15) is 0 Å². The zero-order chi connectivity index (χ0) is 15.6. The lowest BCUT2D eigenvalue weighted by Gasteiger charge is -2.03. The third-order valence-corrected chi connectivity index (χ3v) is 3.96. The molecule has 0 saturated carbocycles. The summed E-state index contributed by atoms with van der Waals surface area (Å²) in [5.74, 6) is 2.24. The molecule has 0 aliphatic rings. The molecule has 0 unspecified atom stereocenters. The van der Waals surface area contributed by atoms with Gasteiger partial charge in [-0.1, -0.05) is 24.3 Å². The van der Waals surface area contributed by atoms with Crippen LogP contribution in [0.15, 0.2) is 48.5 Å². The second kappa shape index (κ2) is 5.89. The minimum absolute atomic E-state index is 0.547. The summed E-state index contributed by atoms with van der Waals surface area (Å²) in [6.45, 7) is 0.724. The third kappa shape index (κ3) is 2.62. The van der Waals surface area contributed by atoms with Crippen molar-refractivity contribution in [1.82, 2.24) is 19.5 Å². The van der Waals surface area contributed by atoms with Crippen molar-refractivity contribution in [1.29, 1.82) is 0 Å². The number of benzene rings is 2. The number of nitrogens with one attached hydrogen (secondary N) is 1. The summed E-state index contributed by atoms with van der Waals surface area (Å²) in [5, 5.41) is 0. The number of rotatable bonds is 4.